The molecule has 0 saturated carbocycles. The van der Waals surface area contributed by atoms with Gasteiger partial charge in [-0.25, -0.2) is 0 Å². The zero-order valence-corrected chi connectivity index (χ0v) is 18.0. The molecule has 2 aliphatic heterocycles. The van der Waals surface area contributed by atoms with E-state index >= 15 is 0 Å². The number of aryl methyl sites for hydroxylation is 1. The number of hydrogen-bond donors (Lipinski definition) is 1. The Bertz CT molecular complexity index is 880. The molecule has 30 heavy (non-hydrogen) atoms. The second kappa shape index (κ2) is 9.32. The largest absolute Gasteiger partial charge is 0.356 e. The van der Waals surface area contributed by atoms with Crippen molar-refractivity contribution in [1.29, 1.82) is 0 Å². The summed E-state index contributed by atoms with van der Waals surface area (Å²) in [6.07, 6.45) is 7.69. The molecule has 1 unspecified atom stereocenters. The van der Waals surface area contributed by atoms with Crippen LogP contribution in [0, 0.1) is 5.92 Å². The maximum Gasteiger partial charge on any atom is 0.223 e. The summed E-state index contributed by atoms with van der Waals surface area (Å²) < 4.78 is 1.87. The van der Waals surface area contributed by atoms with E-state index in [0.717, 1.165) is 51.5 Å². The number of nitrogens with zero attached hydrogens (tertiary/aromatic N) is 5. The maximum atomic E-state index is 12.6. The molecule has 0 aliphatic carbocycles. The molecule has 1 aromatic heterocycles. The highest BCUT2D eigenvalue weighted by Crippen LogP contribution is 2.23. The molecule has 1 fully saturated rings. The number of rotatable bonds is 6. The normalized spacial score (nSPS) is 18.7. The molecule has 0 radical (unpaired) electrons. The van der Waals surface area contributed by atoms with Crippen molar-refractivity contribution in [3.63, 3.8) is 0 Å². The summed E-state index contributed by atoms with van der Waals surface area (Å²) in [5, 5.41) is 7.72. The molecule has 4 rings (SSSR count). The number of aromatic nitrogens is 2. The van der Waals surface area contributed by atoms with Crippen LogP contribution in [0.15, 0.2) is 41.7 Å². The van der Waals surface area contributed by atoms with Gasteiger partial charge < -0.3 is 15.1 Å². The molecule has 2 aliphatic rings. The fourth-order valence-electron chi connectivity index (χ4n) is 4.54. The van der Waals surface area contributed by atoms with Gasteiger partial charge >= 0.3 is 0 Å². The molecule has 1 N–H and O–H groups in total. The highest BCUT2D eigenvalue weighted by Gasteiger charge is 2.26. The van der Waals surface area contributed by atoms with Gasteiger partial charge in [0.2, 0.25) is 5.91 Å². The third-order valence-electron chi connectivity index (χ3n) is 6.12. The predicted molar refractivity (Wildman–Crippen MR) is 118 cm³/mol. The van der Waals surface area contributed by atoms with Crippen LogP contribution in [0.2, 0.25) is 0 Å². The number of nitrogens with one attached hydrogen (secondary N) is 1. The molecular weight excluding hydrogens is 376 g/mol. The van der Waals surface area contributed by atoms with Gasteiger partial charge in [-0.05, 0) is 41.9 Å². The Labute approximate surface area is 178 Å². The summed E-state index contributed by atoms with van der Waals surface area (Å²) in [6, 6.07) is 8.32. The molecule has 2 aromatic rings. The first-order chi connectivity index (χ1) is 14.6. The first kappa shape index (κ1) is 20.4. The number of carbonyl (C=O) groups excluding carboxylic acids is 1. The lowest BCUT2D eigenvalue weighted by atomic mass is 10.0. The number of hydrogen-bond acceptors (Lipinski definition) is 3. The van der Waals surface area contributed by atoms with E-state index in [2.05, 4.69) is 38.6 Å². The summed E-state index contributed by atoms with van der Waals surface area (Å²) in [4.78, 5) is 21.3. The molecule has 1 aromatic carbocycles. The van der Waals surface area contributed by atoms with E-state index in [0.29, 0.717) is 12.3 Å². The predicted octanol–water partition coefficient (Wildman–Crippen LogP) is 2.18. The van der Waals surface area contributed by atoms with Gasteiger partial charge in [-0.1, -0.05) is 24.3 Å². The number of fused-ring (bicyclic) bond motifs is 1. The van der Waals surface area contributed by atoms with E-state index in [1.807, 2.05) is 42.0 Å². The Morgan fingerprint density at radius 1 is 1.23 bits per heavy atom. The van der Waals surface area contributed by atoms with E-state index in [9.17, 15) is 4.79 Å². The second-order valence-corrected chi connectivity index (χ2v) is 8.42. The first-order valence-electron chi connectivity index (χ1n) is 10.9. The lowest BCUT2D eigenvalue weighted by Crippen LogP contribution is -2.40. The minimum atomic E-state index is 0.237. The van der Waals surface area contributed by atoms with E-state index in [1.165, 1.54) is 23.1 Å². The van der Waals surface area contributed by atoms with Gasteiger partial charge in [0, 0.05) is 59.4 Å². The van der Waals surface area contributed by atoms with Gasteiger partial charge in [-0.15, -0.1) is 0 Å². The Hall–Kier alpha value is -2.83. The number of amides is 1. The van der Waals surface area contributed by atoms with Crippen LogP contribution in [-0.2, 0) is 31.4 Å². The van der Waals surface area contributed by atoms with Gasteiger partial charge in [-0.3, -0.25) is 14.5 Å². The standard InChI is InChI=1S/C23H32N6O/c1-24-23(28-11-9-18(15-28)12-19-13-26-27(2)14-19)25-10-5-8-22(30)29-16-20-6-3-4-7-21(20)17-29/h3-4,6-7,13-14,18H,5,8-12,15-17H2,1-2H3,(H,24,25). The highest BCUT2D eigenvalue weighted by molar-refractivity contribution is 5.80. The Morgan fingerprint density at radius 2 is 2.00 bits per heavy atom. The van der Waals surface area contributed by atoms with Crippen molar-refractivity contribution in [2.45, 2.75) is 38.8 Å². The van der Waals surface area contributed by atoms with Crippen molar-refractivity contribution in [1.82, 2.24) is 24.9 Å². The third kappa shape index (κ3) is 4.83. The van der Waals surface area contributed by atoms with E-state index in [4.69, 9.17) is 0 Å². The van der Waals surface area contributed by atoms with Gasteiger partial charge in [-0.2, -0.15) is 5.10 Å². The van der Waals surface area contributed by atoms with Gasteiger partial charge in [0.15, 0.2) is 5.96 Å². The molecule has 1 saturated heterocycles. The monoisotopic (exact) mass is 408 g/mol. The molecule has 7 heteroatoms. The molecule has 160 valence electrons. The Balaban J connectivity index is 1.17. The Morgan fingerprint density at radius 3 is 2.67 bits per heavy atom. The second-order valence-electron chi connectivity index (χ2n) is 8.42. The fourth-order valence-corrected chi connectivity index (χ4v) is 4.54. The van der Waals surface area contributed by atoms with Crippen molar-refractivity contribution < 1.29 is 4.79 Å². The molecule has 0 spiro atoms. The van der Waals surface area contributed by atoms with Crippen LogP contribution in [-0.4, -0.2) is 58.1 Å². The zero-order valence-electron chi connectivity index (χ0n) is 18.0. The van der Waals surface area contributed by atoms with Crippen molar-refractivity contribution in [2.24, 2.45) is 18.0 Å². The van der Waals surface area contributed by atoms with Crippen LogP contribution < -0.4 is 5.32 Å². The van der Waals surface area contributed by atoms with Crippen molar-refractivity contribution in [3.8, 4) is 0 Å². The number of aliphatic imine (C=N–C) groups is 1. The summed E-state index contributed by atoms with van der Waals surface area (Å²) in [5.74, 6) is 1.82. The molecule has 1 atom stereocenters. The van der Waals surface area contributed by atoms with Crippen molar-refractivity contribution >= 4 is 11.9 Å². The van der Waals surface area contributed by atoms with Crippen LogP contribution in [0.3, 0.4) is 0 Å². The van der Waals surface area contributed by atoms with Crippen LogP contribution in [0.4, 0.5) is 0 Å². The van der Waals surface area contributed by atoms with Crippen LogP contribution in [0.5, 0.6) is 0 Å². The van der Waals surface area contributed by atoms with Crippen molar-refractivity contribution in [2.75, 3.05) is 26.7 Å². The van der Waals surface area contributed by atoms with E-state index in [-0.39, 0.29) is 5.91 Å². The zero-order chi connectivity index (χ0) is 20.9. The summed E-state index contributed by atoms with van der Waals surface area (Å²) >= 11 is 0. The number of likely N-dealkylation sites (tertiary alicyclic amines) is 1. The number of guanidine groups is 1. The topological polar surface area (TPSA) is 65.8 Å². The average Bonchev–Trinajstić information content (AvgIpc) is 3.48. The summed E-state index contributed by atoms with van der Waals surface area (Å²) in [5.41, 5.74) is 3.85. The summed E-state index contributed by atoms with van der Waals surface area (Å²) in [7, 11) is 3.80. The van der Waals surface area contributed by atoms with E-state index < -0.39 is 0 Å². The van der Waals surface area contributed by atoms with Crippen LogP contribution >= 0.6 is 0 Å². The lowest BCUT2D eigenvalue weighted by molar-refractivity contribution is -0.131. The Kier molecular flexibility index (Phi) is 6.35. The van der Waals surface area contributed by atoms with Crippen LogP contribution in [0.1, 0.15) is 36.0 Å². The van der Waals surface area contributed by atoms with E-state index in [1.54, 1.807) is 0 Å². The summed E-state index contributed by atoms with van der Waals surface area (Å²) in [6.45, 7) is 4.30. The fraction of sp³-hybridized carbons (Fsp3) is 0.522. The smallest absolute Gasteiger partial charge is 0.223 e. The SMILES string of the molecule is CN=C(NCCCC(=O)N1Cc2ccccc2C1)N1CCC(Cc2cnn(C)c2)C1. The highest BCUT2D eigenvalue weighted by atomic mass is 16.2. The molecule has 7 nitrogen and oxygen atoms in total. The van der Waals surface area contributed by atoms with Gasteiger partial charge in [0.05, 0.1) is 6.20 Å². The van der Waals surface area contributed by atoms with Gasteiger partial charge in [0.1, 0.15) is 0 Å². The minimum Gasteiger partial charge on any atom is -0.356 e. The van der Waals surface area contributed by atoms with Gasteiger partial charge in [0.25, 0.3) is 0 Å². The van der Waals surface area contributed by atoms with Crippen LogP contribution in [0.25, 0.3) is 0 Å². The molecule has 3 heterocycles. The van der Waals surface area contributed by atoms with Crippen molar-refractivity contribution in [3.05, 3.63) is 53.3 Å². The third-order valence-corrected chi connectivity index (χ3v) is 6.12. The molecule has 1 amide bonds. The average molecular weight is 409 g/mol. The first-order valence-corrected chi connectivity index (χ1v) is 10.9. The number of benzene rings is 1. The maximum absolute atomic E-state index is 12.6. The minimum absolute atomic E-state index is 0.237. The molecule has 0 bridgehead atoms. The number of carbonyl (C=O) groups is 1. The lowest BCUT2D eigenvalue weighted by Gasteiger charge is -2.22. The molecular formula is C23H32N6O. The quantitative estimate of drug-likeness (QED) is 0.452.